The molecule has 2 aliphatic rings. The van der Waals surface area contributed by atoms with Crippen LogP contribution in [0.3, 0.4) is 0 Å². The zero-order chi connectivity index (χ0) is 12.3. The lowest BCUT2D eigenvalue weighted by molar-refractivity contribution is -0.126. The van der Waals surface area contributed by atoms with Gasteiger partial charge in [0.15, 0.2) is 0 Å². The Bertz CT molecular complexity index is 321. The SMILES string of the molecule is CCC(C#N)N1CCCC1C1CCCCC1=O. The molecule has 0 aromatic carbocycles. The fraction of sp³-hybridized carbons (Fsp3) is 0.857. The average Bonchev–Trinajstić information content (AvgIpc) is 2.80. The molecule has 1 heterocycles. The second kappa shape index (κ2) is 5.64. The molecule has 1 saturated carbocycles. The molecule has 1 saturated heterocycles. The lowest BCUT2D eigenvalue weighted by Gasteiger charge is -2.35. The summed E-state index contributed by atoms with van der Waals surface area (Å²) in [4.78, 5) is 14.3. The van der Waals surface area contributed by atoms with E-state index in [1.165, 1.54) is 6.42 Å². The molecule has 1 aliphatic heterocycles. The normalized spacial score (nSPS) is 32.4. The maximum absolute atomic E-state index is 12.0. The number of hydrogen-bond acceptors (Lipinski definition) is 3. The van der Waals surface area contributed by atoms with Crippen molar-refractivity contribution in [3.63, 3.8) is 0 Å². The van der Waals surface area contributed by atoms with Crippen molar-refractivity contribution in [1.82, 2.24) is 4.90 Å². The van der Waals surface area contributed by atoms with Crippen LogP contribution in [0.5, 0.6) is 0 Å². The fourth-order valence-corrected chi connectivity index (χ4v) is 3.45. The molecule has 17 heavy (non-hydrogen) atoms. The molecule has 2 fully saturated rings. The number of likely N-dealkylation sites (tertiary alicyclic amines) is 1. The Kier molecular flexibility index (Phi) is 4.17. The summed E-state index contributed by atoms with van der Waals surface area (Å²) in [6.45, 7) is 3.06. The van der Waals surface area contributed by atoms with Crippen molar-refractivity contribution in [2.45, 2.75) is 64.0 Å². The molecular weight excluding hydrogens is 212 g/mol. The van der Waals surface area contributed by atoms with Crippen molar-refractivity contribution in [1.29, 1.82) is 5.26 Å². The number of nitrogens with zero attached hydrogens (tertiary/aromatic N) is 2. The van der Waals surface area contributed by atoms with Gasteiger partial charge in [-0.15, -0.1) is 0 Å². The number of hydrogen-bond donors (Lipinski definition) is 0. The third-order valence-electron chi connectivity index (χ3n) is 4.34. The summed E-state index contributed by atoms with van der Waals surface area (Å²) in [7, 11) is 0. The van der Waals surface area contributed by atoms with Gasteiger partial charge in [0.25, 0.3) is 0 Å². The smallest absolute Gasteiger partial charge is 0.137 e. The maximum Gasteiger partial charge on any atom is 0.137 e. The molecule has 0 spiro atoms. The van der Waals surface area contributed by atoms with E-state index < -0.39 is 0 Å². The number of carbonyl (C=O) groups is 1. The van der Waals surface area contributed by atoms with Crippen LogP contribution in [-0.2, 0) is 4.79 Å². The van der Waals surface area contributed by atoms with Gasteiger partial charge >= 0.3 is 0 Å². The standard InChI is InChI=1S/C14H22N2O/c1-2-11(10-15)16-9-5-7-13(16)12-6-3-4-8-14(12)17/h11-13H,2-9H2,1H3. The number of ketones is 1. The van der Waals surface area contributed by atoms with Crippen LogP contribution in [0.2, 0.25) is 0 Å². The lowest BCUT2D eigenvalue weighted by atomic mass is 9.81. The number of carbonyl (C=O) groups excluding carboxylic acids is 1. The Labute approximate surface area is 104 Å². The monoisotopic (exact) mass is 234 g/mol. The summed E-state index contributed by atoms with van der Waals surface area (Å²) in [5.41, 5.74) is 0. The van der Waals surface area contributed by atoms with Gasteiger partial charge in [0.2, 0.25) is 0 Å². The van der Waals surface area contributed by atoms with Gasteiger partial charge in [-0.1, -0.05) is 13.3 Å². The van der Waals surface area contributed by atoms with Crippen LogP contribution in [0.25, 0.3) is 0 Å². The number of rotatable bonds is 3. The molecule has 0 aromatic rings. The highest BCUT2D eigenvalue weighted by Crippen LogP contribution is 2.33. The molecule has 0 aromatic heterocycles. The first-order chi connectivity index (χ1) is 8.27. The minimum Gasteiger partial charge on any atom is -0.299 e. The lowest BCUT2D eigenvalue weighted by Crippen LogP contribution is -2.45. The zero-order valence-electron chi connectivity index (χ0n) is 10.7. The summed E-state index contributed by atoms with van der Waals surface area (Å²) in [6.07, 6.45) is 7.18. The van der Waals surface area contributed by atoms with Crippen LogP contribution in [0.1, 0.15) is 51.9 Å². The van der Waals surface area contributed by atoms with Crippen LogP contribution in [0, 0.1) is 17.2 Å². The predicted octanol–water partition coefficient (Wildman–Crippen LogP) is 2.51. The molecule has 0 N–H and O–H groups in total. The van der Waals surface area contributed by atoms with Crippen molar-refractivity contribution in [2.75, 3.05) is 6.54 Å². The molecule has 3 unspecified atom stereocenters. The highest BCUT2D eigenvalue weighted by Gasteiger charge is 2.39. The Morgan fingerprint density at radius 3 is 2.88 bits per heavy atom. The molecule has 3 heteroatoms. The van der Waals surface area contributed by atoms with Gasteiger partial charge in [-0.2, -0.15) is 5.26 Å². The van der Waals surface area contributed by atoms with E-state index in [2.05, 4.69) is 17.9 Å². The summed E-state index contributed by atoms with van der Waals surface area (Å²) in [6, 6.07) is 2.76. The van der Waals surface area contributed by atoms with Crippen molar-refractivity contribution in [3.8, 4) is 6.07 Å². The van der Waals surface area contributed by atoms with Gasteiger partial charge in [-0.25, -0.2) is 0 Å². The number of Topliss-reactive ketones (excluding diaryl/α,β-unsaturated/α-hetero) is 1. The van der Waals surface area contributed by atoms with Gasteiger partial charge in [0.1, 0.15) is 5.78 Å². The Morgan fingerprint density at radius 2 is 2.24 bits per heavy atom. The second-order valence-electron chi connectivity index (χ2n) is 5.32. The third kappa shape index (κ3) is 2.52. The van der Waals surface area contributed by atoms with E-state index in [-0.39, 0.29) is 12.0 Å². The van der Waals surface area contributed by atoms with Crippen LogP contribution in [-0.4, -0.2) is 29.3 Å². The van der Waals surface area contributed by atoms with Crippen LogP contribution >= 0.6 is 0 Å². The van der Waals surface area contributed by atoms with E-state index in [1.54, 1.807) is 0 Å². The molecule has 1 aliphatic carbocycles. The summed E-state index contributed by atoms with van der Waals surface area (Å²) in [5, 5.41) is 9.19. The van der Waals surface area contributed by atoms with E-state index >= 15 is 0 Å². The third-order valence-corrected chi connectivity index (χ3v) is 4.34. The van der Waals surface area contributed by atoms with Gasteiger partial charge in [-0.3, -0.25) is 9.69 Å². The van der Waals surface area contributed by atoms with Gasteiger partial charge in [-0.05, 0) is 38.6 Å². The maximum atomic E-state index is 12.0. The summed E-state index contributed by atoms with van der Waals surface area (Å²) in [5.74, 6) is 0.662. The molecule has 94 valence electrons. The van der Waals surface area contributed by atoms with Crippen molar-refractivity contribution in [3.05, 3.63) is 0 Å². The molecule has 0 bridgehead atoms. The van der Waals surface area contributed by atoms with Gasteiger partial charge < -0.3 is 0 Å². The van der Waals surface area contributed by atoms with Crippen LogP contribution < -0.4 is 0 Å². The molecular formula is C14H22N2O. The largest absolute Gasteiger partial charge is 0.299 e. The van der Waals surface area contributed by atoms with Gasteiger partial charge in [0.05, 0.1) is 12.1 Å². The first kappa shape index (κ1) is 12.6. The average molecular weight is 234 g/mol. The van der Waals surface area contributed by atoms with Crippen LogP contribution in [0.4, 0.5) is 0 Å². The summed E-state index contributed by atoms with van der Waals surface area (Å²) < 4.78 is 0. The fourth-order valence-electron chi connectivity index (χ4n) is 3.45. The molecule has 0 radical (unpaired) electrons. The van der Waals surface area contributed by atoms with Gasteiger partial charge in [0, 0.05) is 18.4 Å². The van der Waals surface area contributed by atoms with Crippen molar-refractivity contribution < 1.29 is 4.79 Å². The highest BCUT2D eigenvalue weighted by molar-refractivity contribution is 5.82. The van der Waals surface area contributed by atoms with E-state index in [9.17, 15) is 10.1 Å². The molecule has 2 rings (SSSR count). The first-order valence-corrected chi connectivity index (χ1v) is 6.96. The number of nitriles is 1. The minimum atomic E-state index is 0.0113. The summed E-state index contributed by atoms with van der Waals surface area (Å²) >= 11 is 0. The predicted molar refractivity (Wildman–Crippen MR) is 66.4 cm³/mol. The quantitative estimate of drug-likeness (QED) is 0.753. The van der Waals surface area contributed by atoms with E-state index in [0.29, 0.717) is 11.8 Å². The molecule has 3 atom stereocenters. The molecule has 0 amide bonds. The minimum absolute atomic E-state index is 0.0113. The van der Waals surface area contributed by atoms with E-state index in [1.807, 2.05) is 0 Å². The Morgan fingerprint density at radius 1 is 1.41 bits per heavy atom. The van der Waals surface area contributed by atoms with E-state index in [4.69, 9.17) is 0 Å². The Hall–Kier alpha value is -0.880. The van der Waals surface area contributed by atoms with Crippen molar-refractivity contribution >= 4 is 5.78 Å². The Balaban J connectivity index is 2.08. The second-order valence-corrected chi connectivity index (χ2v) is 5.32. The topological polar surface area (TPSA) is 44.1 Å². The molecule has 3 nitrogen and oxygen atoms in total. The first-order valence-electron chi connectivity index (χ1n) is 6.96. The zero-order valence-corrected chi connectivity index (χ0v) is 10.7. The van der Waals surface area contributed by atoms with Crippen molar-refractivity contribution in [2.24, 2.45) is 5.92 Å². The van der Waals surface area contributed by atoms with E-state index in [0.717, 1.165) is 45.1 Å². The highest BCUT2D eigenvalue weighted by atomic mass is 16.1. The van der Waals surface area contributed by atoms with Crippen LogP contribution in [0.15, 0.2) is 0 Å².